The molecule has 2 amide bonds. The van der Waals surface area contributed by atoms with E-state index in [1.807, 2.05) is 36.4 Å². The predicted molar refractivity (Wildman–Crippen MR) is 121 cm³/mol. The molecular formula is C23H26N4O2S. The molecule has 3 rings (SSSR count). The van der Waals surface area contributed by atoms with E-state index in [0.29, 0.717) is 17.0 Å². The molecule has 0 saturated carbocycles. The van der Waals surface area contributed by atoms with Crippen molar-refractivity contribution in [2.45, 2.75) is 32.1 Å². The molecule has 1 aromatic carbocycles. The Hall–Kier alpha value is -3.06. The summed E-state index contributed by atoms with van der Waals surface area (Å²) in [6.07, 6.45) is 9.63. The highest BCUT2D eigenvalue weighted by atomic mass is 32.1. The van der Waals surface area contributed by atoms with Crippen LogP contribution in [0.3, 0.4) is 0 Å². The highest BCUT2D eigenvalue weighted by molar-refractivity contribution is 7.19. The third kappa shape index (κ3) is 6.22. The summed E-state index contributed by atoms with van der Waals surface area (Å²) in [6.45, 7) is 0. The van der Waals surface area contributed by atoms with Crippen molar-refractivity contribution in [3.8, 4) is 10.6 Å². The van der Waals surface area contributed by atoms with Gasteiger partial charge in [-0.15, -0.1) is 0 Å². The van der Waals surface area contributed by atoms with Gasteiger partial charge in [-0.05, 0) is 49.1 Å². The van der Waals surface area contributed by atoms with Crippen molar-refractivity contribution in [1.29, 1.82) is 0 Å². The van der Waals surface area contributed by atoms with Crippen LogP contribution in [0.4, 0.5) is 5.00 Å². The number of carbonyl (C=O) groups is 2. The number of anilines is 1. The van der Waals surface area contributed by atoms with Crippen molar-refractivity contribution in [3.05, 3.63) is 66.1 Å². The van der Waals surface area contributed by atoms with Crippen LogP contribution in [-0.4, -0.2) is 40.8 Å². The van der Waals surface area contributed by atoms with E-state index in [4.69, 9.17) is 0 Å². The van der Waals surface area contributed by atoms with Crippen LogP contribution in [0.2, 0.25) is 0 Å². The minimum atomic E-state index is -0.145. The predicted octanol–water partition coefficient (Wildman–Crippen LogP) is 4.65. The molecule has 0 saturated heterocycles. The molecule has 2 heterocycles. The highest BCUT2D eigenvalue weighted by Gasteiger charge is 2.10. The monoisotopic (exact) mass is 422 g/mol. The number of benzene rings is 1. The normalized spacial score (nSPS) is 10.6. The quantitative estimate of drug-likeness (QED) is 0.510. The highest BCUT2D eigenvalue weighted by Crippen LogP contribution is 2.28. The van der Waals surface area contributed by atoms with Crippen molar-refractivity contribution >= 4 is 28.2 Å². The van der Waals surface area contributed by atoms with Gasteiger partial charge in [0, 0.05) is 44.0 Å². The number of hydrogen-bond donors (Lipinski definition) is 1. The van der Waals surface area contributed by atoms with Crippen molar-refractivity contribution in [2.24, 2.45) is 0 Å². The lowest BCUT2D eigenvalue weighted by atomic mass is 10.0. The van der Waals surface area contributed by atoms with E-state index >= 15 is 0 Å². The van der Waals surface area contributed by atoms with Gasteiger partial charge < -0.3 is 10.2 Å². The topological polar surface area (TPSA) is 75.2 Å². The number of unbranched alkanes of at least 4 members (excludes halogenated alkanes) is 2. The SMILES string of the molecule is CN(C)C(=O)CCCCCc1ccc(C(=O)Nc2cnc(-c3ccncc3)s2)cc1. The number of nitrogens with one attached hydrogen (secondary N) is 1. The molecule has 2 aromatic heterocycles. The molecule has 0 aliphatic rings. The van der Waals surface area contributed by atoms with Gasteiger partial charge in [0.25, 0.3) is 5.91 Å². The van der Waals surface area contributed by atoms with Crippen LogP contribution in [0, 0.1) is 0 Å². The molecular weight excluding hydrogens is 396 g/mol. The number of amides is 2. The van der Waals surface area contributed by atoms with Gasteiger partial charge in [-0.3, -0.25) is 14.6 Å². The fraction of sp³-hybridized carbons (Fsp3) is 0.304. The lowest BCUT2D eigenvalue weighted by molar-refractivity contribution is -0.128. The Balaban J connectivity index is 1.46. The first kappa shape index (κ1) is 21.6. The molecule has 7 heteroatoms. The molecule has 0 bridgehead atoms. The number of nitrogens with zero attached hydrogens (tertiary/aromatic N) is 3. The van der Waals surface area contributed by atoms with Crippen molar-refractivity contribution < 1.29 is 9.59 Å². The van der Waals surface area contributed by atoms with Crippen molar-refractivity contribution in [1.82, 2.24) is 14.9 Å². The summed E-state index contributed by atoms with van der Waals surface area (Å²) in [5, 5.41) is 4.47. The molecule has 6 nitrogen and oxygen atoms in total. The van der Waals surface area contributed by atoms with Crippen LogP contribution in [0.25, 0.3) is 10.6 Å². The van der Waals surface area contributed by atoms with Crippen LogP contribution in [-0.2, 0) is 11.2 Å². The number of rotatable bonds is 9. The largest absolute Gasteiger partial charge is 0.349 e. The van der Waals surface area contributed by atoms with E-state index in [1.54, 1.807) is 37.6 Å². The summed E-state index contributed by atoms with van der Waals surface area (Å²) in [7, 11) is 3.57. The van der Waals surface area contributed by atoms with Gasteiger partial charge in [-0.25, -0.2) is 4.98 Å². The smallest absolute Gasteiger partial charge is 0.256 e. The molecule has 3 aromatic rings. The van der Waals surface area contributed by atoms with Crippen LogP contribution in [0.1, 0.15) is 41.6 Å². The average Bonchev–Trinajstić information content (AvgIpc) is 3.22. The van der Waals surface area contributed by atoms with E-state index in [1.165, 1.54) is 16.9 Å². The first-order valence-corrected chi connectivity index (χ1v) is 10.8. The minimum Gasteiger partial charge on any atom is -0.349 e. The zero-order chi connectivity index (χ0) is 21.3. The van der Waals surface area contributed by atoms with Crippen LogP contribution in [0.15, 0.2) is 55.0 Å². The number of hydrogen-bond acceptors (Lipinski definition) is 5. The fourth-order valence-electron chi connectivity index (χ4n) is 2.97. The van der Waals surface area contributed by atoms with Crippen molar-refractivity contribution in [3.63, 3.8) is 0 Å². The minimum absolute atomic E-state index is 0.145. The molecule has 0 aliphatic carbocycles. The number of carbonyl (C=O) groups excluding carboxylic acids is 2. The maximum Gasteiger partial charge on any atom is 0.256 e. The summed E-state index contributed by atoms with van der Waals surface area (Å²) >= 11 is 1.43. The maximum atomic E-state index is 12.5. The zero-order valence-corrected chi connectivity index (χ0v) is 18.1. The first-order chi connectivity index (χ1) is 14.5. The maximum absolute atomic E-state index is 12.5. The van der Waals surface area contributed by atoms with Gasteiger partial charge in [0.15, 0.2) is 0 Å². The van der Waals surface area contributed by atoms with E-state index in [0.717, 1.165) is 36.3 Å². The third-order valence-electron chi connectivity index (χ3n) is 4.74. The number of thiazole rings is 1. The zero-order valence-electron chi connectivity index (χ0n) is 17.3. The summed E-state index contributed by atoms with van der Waals surface area (Å²) < 4.78 is 0. The summed E-state index contributed by atoms with van der Waals surface area (Å²) in [6, 6.07) is 11.5. The summed E-state index contributed by atoms with van der Waals surface area (Å²) in [5.74, 6) is 0.0351. The van der Waals surface area contributed by atoms with Crippen LogP contribution in [0.5, 0.6) is 0 Å². The second kappa shape index (κ2) is 10.6. The lowest BCUT2D eigenvalue weighted by Crippen LogP contribution is -2.20. The van der Waals surface area contributed by atoms with Gasteiger partial charge >= 0.3 is 0 Å². The van der Waals surface area contributed by atoms with Gasteiger partial charge in [0.05, 0.1) is 6.20 Å². The van der Waals surface area contributed by atoms with Crippen LogP contribution < -0.4 is 5.32 Å². The van der Waals surface area contributed by atoms with E-state index in [-0.39, 0.29) is 11.8 Å². The molecule has 30 heavy (non-hydrogen) atoms. The molecule has 0 fully saturated rings. The molecule has 0 radical (unpaired) electrons. The molecule has 0 unspecified atom stereocenters. The Labute approximate surface area is 181 Å². The van der Waals surface area contributed by atoms with Crippen LogP contribution >= 0.6 is 11.3 Å². The third-order valence-corrected chi connectivity index (χ3v) is 5.70. The van der Waals surface area contributed by atoms with E-state index in [2.05, 4.69) is 15.3 Å². The first-order valence-electron chi connectivity index (χ1n) is 9.99. The molecule has 1 N–H and O–H groups in total. The van der Waals surface area contributed by atoms with Crippen molar-refractivity contribution in [2.75, 3.05) is 19.4 Å². The lowest BCUT2D eigenvalue weighted by Gasteiger charge is -2.09. The average molecular weight is 423 g/mol. The Morgan fingerprint density at radius 3 is 2.43 bits per heavy atom. The standard InChI is InChI=1S/C23H26N4O2S/c1-27(2)21(28)7-5-3-4-6-17-8-10-18(11-9-17)22(29)26-20-16-25-23(30-20)19-12-14-24-15-13-19/h8-16H,3-7H2,1-2H3,(H,26,29). The molecule has 0 aliphatic heterocycles. The van der Waals surface area contributed by atoms with E-state index in [9.17, 15) is 9.59 Å². The Morgan fingerprint density at radius 2 is 1.73 bits per heavy atom. The number of aryl methyl sites for hydroxylation is 1. The Kier molecular flexibility index (Phi) is 7.68. The molecule has 0 atom stereocenters. The number of pyridine rings is 1. The van der Waals surface area contributed by atoms with Gasteiger partial charge in [-0.2, -0.15) is 0 Å². The Bertz CT molecular complexity index is 968. The van der Waals surface area contributed by atoms with E-state index < -0.39 is 0 Å². The fourth-order valence-corrected chi connectivity index (χ4v) is 3.79. The van der Waals surface area contributed by atoms with Gasteiger partial charge in [-0.1, -0.05) is 29.9 Å². The summed E-state index contributed by atoms with van der Waals surface area (Å²) in [5.41, 5.74) is 2.79. The second-order valence-electron chi connectivity index (χ2n) is 7.27. The van der Waals surface area contributed by atoms with Gasteiger partial charge in [0.1, 0.15) is 10.0 Å². The Morgan fingerprint density at radius 1 is 1.00 bits per heavy atom. The number of aromatic nitrogens is 2. The van der Waals surface area contributed by atoms with Gasteiger partial charge in [0.2, 0.25) is 5.91 Å². The summed E-state index contributed by atoms with van der Waals surface area (Å²) in [4.78, 5) is 34.1. The second-order valence-corrected chi connectivity index (χ2v) is 8.30. The molecule has 156 valence electrons. The molecule has 0 spiro atoms.